The molecular weight excluding hydrogens is 487 g/mol. The number of likely N-dealkylation sites (N-methyl/N-ethyl adjacent to an activating group) is 1. The molecule has 1 aliphatic heterocycles. The number of hydrogen-bond donors (Lipinski definition) is 4. The van der Waals surface area contributed by atoms with Crippen molar-refractivity contribution in [3.05, 3.63) is 29.8 Å². The van der Waals surface area contributed by atoms with E-state index in [9.17, 15) is 9.59 Å². The van der Waals surface area contributed by atoms with Gasteiger partial charge in [0.2, 0.25) is 11.8 Å². The SMILES string of the molecule is CN[C@H](CC1CCCCC1)C(=O)N1CCC[C@@H]2C[C@@]21C(=O)NCc1ccc(N=C(N)N)cc1.Cl.Cl. The summed E-state index contributed by atoms with van der Waals surface area (Å²) >= 11 is 0. The highest BCUT2D eigenvalue weighted by Gasteiger charge is 2.66. The van der Waals surface area contributed by atoms with Crippen molar-refractivity contribution in [3.8, 4) is 0 Å². The fraction of sp³-hybridized carbons (Fsp3) is 0.640. The molecule has 2 amide bonds. The molecule has 0 aromatic heterocycles. The minimum Gasteiger partial charge on any atom is -0.370 e. The van der Waals surface area contributed by atoms with Crippen molar-refractivity contribution in [2.45, 2.75) is 75.9 Å². The monoisotopic (exact) mass is 526 g/mol. The number of halogens is 2. The molecule has 196 valence electrons. The van der Waals surface area contributed by atoms with E-state index in [0.29, 0.717) is 24.7 Å². The molecule has 0 radical (unpaired) electrons. The van der Waals surface area contributed by atoms with Gasteiger partial charge in [-0.3, -0.25) is 9.59 Å². The minimum absolute atomic E-state index is 0. The van der Waals surface area contributed by atoms with Gasteiger partial charge in [0.25, 0.3) is 0 Å². The molecule has 35 heavy (non-hydrogen) atoms. The number of likely N-dealkylation sites (tertiary alicyclic amines) is 1. The van der Waals surface area contributed by atoms with Gasteiger partial charge in [-0.1, -0.05) is 44.2 Å². The van der Waals surface area contributed by atoms with Crippen molar-refractivity contribution in [3.63, 3.8) is 0 Å². The average molecular weight is 528 g/mol. The Kier molecular flexibility index (Phi) is 10.7. The van der Waals surface area contributed by atoms with Gasteiger partial charge in [-0.05, 0) is 62.3 Å². The molecular formula is C25H40Cl2N6O2. The van der Waals surface area contributed by atoms with Crippen molar-refractivity contribution in [2.24, 2.45) is 28.3 Å². The largest absolute Gasteiger partial charge is 0.370 e. The van der Waals surface area contributed by atoms with Crippen LogP contribution in [0, 0.1) is 11.8 Å². The fourth-order valence-corrected chi connectivity index (χ4v) is 5.85. The minimum atomic E-state index is -0.671. The molecule has 1 saturated heterocycles. The molecule has 3 aliphatic rings. The second kappa shape index (κ2) is 12.8. The smallest absolute Gasteiger partial charge is 0.246 e. The van der Waals surface area contributed by atoms with Crippen molar-refractivity contribution >= 4 is 48.3 Å². The molecule has 1 heterocycles. The quantitative estimate of drug-likeness (QED) is 0.306. The third-order valence-electron chi connectivity index (χ3n) is 7.74. The maximum Gasteiger partial charge on any atom is 0.246 e. The molecule has 4 rings (SSSR count). The number of benzene rings is 1. The topological polar surface area (TPSA) is 126 Å². The Morgan fingerprint density at radius 2 is 1.77 bits per heavy atom. The van der Waals surface area contributed by atoms with E-state index in [0.717, 1.165) is 31.2 Å². The lowest BCUT2D eigenvalue weighted by Gasteiger charge is -2.38. The van der Waals surface area contributed by atoms with Gasteiger partial charge in [0.15, 0.2) is 5.96 Å². The Morgan fingerprint density at radius 1 is 1.09 bits per heavy atom. The second-order valence-electron chi connectivity index (χ2n) is 9.92. The van der Waals surface area contributed by atoms with Gasteiger partial charge in [0, 0.05) is 13.1 Å². The van der Waals surface area contributed by atoms with Crippen LogP contribution in [0.3, 0.4) is 0 Å². The number of fused-ring (bicyclic) bond motifs is 1. The standard InChI is InChI=1S/C25H38N6O2.2ClH/c1-28-21(14-17-6-3-2-4-7-17)22(32)31-13-5-8-19-15-25(19,31)23(33)29-16-18-9-11-20(12-10-18)30-24(26)27;;/h9-12,17,19,21,28H,2-8,13-16H2,1H3,(H,29,33)(H4,26,27,30);2*1H/t19-,21-,25+;;/m1../s1. The Hall–Kier alpha value is -2.03. The molecule has 8 nitrogen and oxygen atoms in total. The Labute approximate surface area is 220 Å². The Morgan fingerprint density at radius 3 is 2.40 bits per heavy atom. The summed E-state index contributed by atoms with van der Waals surface area (Å²) in [5.74, 6) is 0.960. The summed E-state index contributed by atoms with van der Waals surface area (Å²) in [6.07, 6.45) is 9.88. The zero-order chi connectivity index (χ0) is 23.4. The van der Waals surface area contributed by atoms with Crippen LogP contribution in [0.15, 0.2) is 29.3 Å². The third kappa shape index (κ3) is 6.60. The number of nitrogens with two attached hydrogens (primary N) is 2. The summed E-state index contributed by atoms with van der Waals surface area (Å²) in [6.45, 7) is 1.08. The molecule has 0 bridgehead atoms. The lowest BCUT2D eigenvalue weighted by Crippen LogP contribution is -2.59. The number of carbonyl (C=O) groups excluding carboxylic acids is 2. The maximum absolute atomic E-state index is 13.6. The Balaban J connectivity index is 0.00000216. The van der Waals surface area contributed by atoms with E-state index in [2.05, 4.69) is 15.6 Å². The van der Waals surface area contributed by atoms with E-state index in [4.69, 9.17) is 11.5 Å². The Bertz CT molecular complexity index is 886. The predicted molar refractivity (Wildman–Crippen MR) is 144 cm³/mol. The molecule has 3 atom stereocenters. The molecule has 3 fully saturated rings. The molecule has 0 unspecified atom stereocenters. The summed E-state index contributed by atoms with van der Waals surface area (Å²) in [5.41, 5.74) is 11.8. The number of hydrogen-bond acceptors (Lipinski definition) is 4. The predicted octanol–water partition coefficient (Wildman–Crippen LogP) is 2.99. The first-order valence-electron chi connectivity index (χ1n) is 12.4. The van der Waals surface area contributed by atoms with Gasteiger partial charge >= 0.3 is 0 Å². The van der Waals surface area contributed by atoms with Crippen LogP contribution in [0.25, 0.3) is 0 Å². The van der Waals surface area contributed by atoms with Gasteiger partial charge in [-0.15, -0.1) is 24.8 Å². The number of piperidine rings is 1. The average Bonchev–Trinajstić information content (AvgIpc) is 3.58. The van der Waals surface area contributed by atoms with Crippen LogP contribution in [0.1, 0.15) is 63.4 Å². The lowest BCUT2D eigenvalue weighted by atomic mass is 9.84. The van der Waals surface area contributed by atoms with Crippen molar-refractivity contribution in [2.75, 3.05) is 13.6 Å². The van der Waals surface area contributed by atoms with E-state index in [1.807, 2.05) is 36.2 Å². The summed E-state index contributed by atoms with van der Waals surface area (Å²) in [6, 6.07) is 7.22. The number of carbonyl (C=O) groups is 2. The lowest BCUT2D eigenvalue weighted by molar-refractivity contribution is -0.146. The molecule has 2 saturated carbocycles. The van der Waals surface area contributed by atoms with E-state index in [-0.39, 0.29) is 54.5 Å². The molecule has 2 aliphatic carbocycles. The first kappa shape index (κ1) is 29.2. The van der Waals surface area contributed by atoms with Crippen LogP contribution < -0.4 is 22.1 Å². The number of aliphatic imine (C=N–C) groups is 1. The number of guanidine groups is 1. The fourth-order valence-electron chi connectivity index (χ4n) is 5.85. The summed E-state index contributed by atoms with van der Waals surface area (Å²) < 4.78 is 0. The zero-order valence-electron chi connectivity index (χ0n) is 20.5. The molecule has 1 aromatic carbocycles. The normalized spacial score (nSPS) is 24.1. The molecule has 6 N–H and O–H groups in total. The third-order valence-corrected chi connectivity index (χ3v) is 7.74. The van der Waals surface area contributed by atoms with Crippen LogP contribution in [-0.2, 0) is 16.1 Å². The van der Waals surface area contributed by atoms with Crippen molar-refractivity contribution in [1.29, 1.82) is 0 Å². The highest BCUT2D eigenvalue weighted by atomic mass is 35.5. The van der Waals surface area contributed by atoms with E-state index >= 15 is 0 Å². The second-order valence-corrected chi connectivity index (χ2v) is 9.92. The highest BCUT2D eigenvalue weighted by molar-refractivity contribution is 5.96. The number of nitrogens with one attached hydrogen (secondary N) is 2. The highest BCUT2D eigenvalue weighted by Crippen LogP contribution is 2.54. The molecule has 10 heteroatoms. The zero-order valence-corrected chi connectivity index (χ0v) is 22.1. The molecule has 1 aromatic rings. The number of rotatable bonds is 8. The molecule has 0 spiro atoms. The van der Waals surface area contributed by atoms with E-state index in [1.54, 1.807) is 0 Å². The summed E-state index contributed by atoms with van der Waals surface area (Å²) in [5, 5.41) is 6.36. The summed E-state index contributed by atoms with van der Waals surface area (Å²) in [7, 11) is 1.87. The van der Waals surface area contributed by atoms with Crippen molar-refractivity contribution in [1.82, 2.24) is 15.5 Å². The van der Waals surface area contributed by atoms with Crippen LogP contribution in [0.4, 0.5) is 5.69 Å². The maximum atomic E-state index is 13.6. The van der Waals surface area contributed by atoms with Gasteiger partial charge in [0.05, 0.1) is 11.7 Å². The van der Waals surface area contributed by atoms with Gasteiger partial charge in [-0.2, -0.15) is 0 Å². The van der Waals surface area contributed by atoms with Crippen molar-refractivity contribution < 1.29 is 9.59 Å². The van der Waals surface area contributed by atoms with E-state index < -0.39 is 5.54 Å². The van der Waals surface area contributed by atoms with Crippen LogP contribution in [0.5, 0.6) is 0 Å². The van der Waals surface area contributed by atoms with Crippen LogP contribution >= 0.6 is 24.8 Å². The first-order valence-corrected chi connectivity index (χ1v) is 12.4. The van der Waals surface area contributed by atoms with Gasteiger partial charge in [0.1, 0.15) is 5.54 Å². The summed E-state index contributed by atoms with van der Waals surface area (Å²) in [4.78, 5) is 32.9. The van der Waals surface area contributed by atoms with Gasteiger partial charge in [-0.25, -0.2) is 4.99 Å². The van der Waals surface area contributed by atoms with E-state index in [1.165, 1.54) is 32.1 Å². The number of amides is 2. The number of nitrogens with zero attached hydrogens (tertiary/aromatic N) is 2. The van der Waals surface area contributed by atoms with Crippen LogP contribution in [0.2, 0.25) is 0 Å². The van der Waals surface area contributed by atoms with Gasteiger partial charge < -0.3 is 27.0 Å². The van der Waals surface area contributed by atoms with Crippen LogP contribution in [-0.4, -0.2) is 47.8 Å². The first-order chi connectivity index (χ1) is 15.9.